The number of halogens is 1. The van der Waals surface area contributed by atoms with Crippen molar-refractivity contribution in [2.75, 3.05) is 0 Å². The molecule has 3 heterocycles. The molecule has 160 valence electrons. The zero-order chi connectivity index (χ0) is 22.1. The van der Waals surface area contributed by atoms with E-state index in [0.29, 0.717) is 34.0 Å². The van der Waals surface area contributed by atoms with Gasteiger partial charge in [-0.05, 0) is 36.8 Å². The van der Waals surface area contributed by atoms with Crippen LogP contribution in [0.5, 0.6) is 0 Å². The Labute approximate surface area is 192 Å². The van der Waals surface area contributed by atoms with Crippen LogP contribution in [0.15, 0.2) is 75.2 Å². The number of fused-ring (bicyclic) bond motifs is 1. The molecule has 0 aliphatic rings. The molecule has 0 spiro atoms. The van der Waals surface area contributed by atoms with Gasteiger partial charge in [0.05, 0.1) is 35.0 Å². The standard InChI is InChI=1S/C23H18ClN5O2S/c1-14-17(9-10-31-14)21-27-28-23(29(21)12-15-5-3-2-4-6-15)32-13-20-25-19-8-7-16(24)11-18(19)22(30)26-20/h2-11H,12-13H2,1H3,(H,25,26,30). The van der Waals surface area contributed by atoms with E-state index in [1.807, 2.05) is 31.2 Å². The monoisotopic (exact) mass is 463 g/mol. The van der Waals surface area contributed by atoms with Gasteiger partial charge >= 0.3 is 0 Å². The minimum absolute atomic E-state index is 0.214. The zero-order valence-electron chi connectivity index (χ0n) is 17.1. The van der Waals surface area contributed by atoms with Crippen LogP contribution >= 0.6 is 23.4 Å². The minimum atomic E-state index is -0.214. The number of benzene rings is 2. The fourth-order valence-electron chi connectivity index (χ4n) is 3.48. The van der Waals surface area contributed by atoms with Gasteiger partial charge in [-0.15, -0.1) is 10.2 Å². The third kappa shape index (κ3) is 4.06. The van der Waals surface area contributed by atoms with Gasteiger partial charge in [0.15, 0.2) is 11.0 Å². The van der Waals surface area contributed by atoms with Gasteiger partial charge in [-0.1, -0.05) is 53.7 Å². The molecule has 2 aromatic carbocycles. The average molecular weight is 464 g/mol. The molecule has 0 fully saturated rings. The van der Waals surface area contributed by atoms with Gasteiger partial charge in [-0.3, -0.25) is 9.36 Å². The van der Waals surface area contributed by atoms with Gasteiger partial charge in [0.2, 0.25) is 0 Å². The molecule has 1 N–H and O–H groups in total. The summed E-state index contributed by atoms with van der Waals surface area (Å²) in [6.07, 6.45) is 1.65. The molecule has 0 unspecified atom stereocenters. The first-order chi connectivity index (χ1) is 15.6. The second kappa shape index (κ2) is 8.64. The van der Waals surface area contributed by atoms with Crippen molar-refractivity contribution in [3.63, 3.8) is 0 Å². The molecule has 5 aromatic rings. The van der Waals surface area contributed by atoms with E-state index in [-0.39, 0.29) is 5.56 Å². The number of nitrogens with one attached hydrogen (secondary N) is 1. The Morgan fingerprint density at radius 1 is 1.12 bits per heavy atom. The smallest absolute Gasteiger partial charge is 0.258 e. The predicted molar refractivity (Wildman–Crippen MR) is 125 cm³/mol. The molecule has 9 heteroatoms. The van der Waals surface area contributed by atoms with E-state index in [1.165, 1.54) is 11.8 Å². The number of H-pyrrole nitrogens is 1. The highest BCUT2D eigenvalue weighted by atomic mass is 35.5. The molecular formula is C23H18ClN5O2S. The first-order valence-electron chi connectivity index (χ1n) is 9.91. The maximum absolute atomic E-state index is 12.5. The molecule has 3 aromatic heterocycles. The summed E-state index contributed by atoms with van der Waals surface area (Å²) in [5, 5.41) is 10.5. The van der Waals surface area contributed by atoms with Crippen LogP contribution in [0.4, 0.5) is 0 Å². The number of hydrogen-bond acceptors (Lipinski definition) is 6. The molecule has 7 nitrogen and oxygen atoms in total. The normalized spacial score (nSPS) is 11.3. The number of aryl methyl sites for hydroxylation is 1. The van der Waals surface area contributed by atoms with Gasteiger partial charge < -0.3 is 9.40 Å². The second-order valence-corrected chi connectivity index (χ2v) is 8.61. The molecule has 0 amide bonds. The van der Waals surface area contributed by atoms with Crippen molar-refractivity contribution in [2.45, 2.75) is 24.4 Å². The zero-order valence-corrected chi connectivity index (χ0v) is 18.7. The molecule has 32 heavy (non-hydrogen) atoms. The quantitative estimate of drug-likeness (QED) is 0.353. The fourth-order valence-corrected chi connectivity index (χ4v) is 4.46. The Morgan fingerprint density at radius 3 is 2.75 bits per heavy atom. The molecule has 0 atom stereocenters. The van der Waals surface area contributed by atoms with E-state index in [9.17, 15) is 4.79 Å². The fraction of sp³-hybridized carbons (Fsp3) is 0.130. The summed E-state index contributed by atoms with van der Waals surface area (Å²) in [4.78, 5) is 19.9. The van der Waals surface area contributed by atoms with E-state index in [1.54, 1.807) is 24.5 Å². The van der Waals surface area contributed by atoms with Crippen molar-refractivity contribution >= 4 is 34.3 Å². The number of thioether (sulfide) groups is 1. The van der Waals surface area contributed by atoms with Crippen molar-refractivity contribution in [3.8, 4) is 11.4 Å². The third-order valence-electron chi connectivity index (χ3n) is 5.05. The van der Waals surface area contributed by atoms with Gasteiger partial charge in [-0.25, -0.2) is 4.98 Å². The number of nitrogens with zero attached hydrogens (tertiary/aromatic N) is 4. The maximum Gasteiger partial charge on any atom is 0.258 e. The van der Waals surface area contributed by atoms with Crippen LogP contribution in [-0.2, 0) is 12.3 Å². The highest BCUT2D eigenvalue weighted by molar-refractivity contribution is 7.98. The summed E-state index contributed by atoms with van der Waals surface area (Å²) >= 11 is 7.47. The van der Waals surface area contributed by atoms with Crippen LogP contribution in [0, 0.1) is 6.92 Å². The summed E-state index contributed by atoms with van der Waals surface area (Å²) in [5.74, 6) is 2.51. The van der Waals surface area contributed by atoms with Crippen LogP contribution < -0.4 is 5.56 Å². The highest BCUT2D eigenvalue weighted by Gasteiger charge is 2.18. The first kappa shape index (κ1) is 20.5. The lowest BCUT2D eigenvalue weighted by Gasteiger charge is -2.10. The van der Waals surface area contributed by atoms with Crippen LogP contribution in [0.3, 0.4) is 0 Å². The van der Waals surface area contributed by atoms with E-state index >= 15 is 0 Å². The molecule has 0 aliphatic heterocycles. The lowest BCUT2D eigenvalue weighted by molar-refractivity contribution is 0.534. The van der Waals surface area contributed by atoms with Crippen molar-refractivity contribution in [1.82, 2.24) is 24.7 Å². The lowest BCUT2D eigenvalue weighted by atomic mass is 10.2. The number of aromatic amines is 1. The van der Waals surface area contributed by atoms with Crippen molar-refractivity contribution < 1.29 is 4.42 Å². The van der Waals surface area contributed by atoms with Crippen LogP contribution in [0.1, 0.15) is 17.1 Å². The summed E-state index contributed by atoms with van der Waals surface area (Å²) in [7, 11) is 0. The van der Waals surface area contributed by atoms with Crippen molar-refractivity contribution in [3.05, 3.63) is 93.4 Å². The molecular weight excluding hydrogens is 446 g/mol. The Hall–Kier alpha value is -3.36. The number of rotatable bonds is 6. The number of furan rings is 1. The molecule has 0 saturated carbocycles. The molecule has 5 rings (SSSR count). The molecule has 0 saturated heterocycles. The Morgan fingerprint density at radius 2 is 1.97 bits per heavy atom. The lowest BCUT2D eigenvalue weighted by Crippen LogP contribution is -2.11. The van der Waals surface area contributed by atoms with Crippen molar-refractivity contribution in [2.24, 2.45) is 0 Å². The van der Waals surface area contributed by atoms with Gasteiger partial charge in [0.25, 0.3) is 5.56 Å². The first-order valence-corrected chi connectivity index (χ1v) is 11.3. The van der Waals surface area contributed by atoms with Gasteiger partial charge in [0, 0.05) is 5.02 Å². The average Bonchev–Trinajstić information content (AvgIpc) is 3.39. The number of aromatic nitrogens is 5. The Kier molecular flexibility index (Phi) is 5.55. The van der Waals surface area contributed by atoms with E-state index < -0.39 is 0 Å². The van der Waals surface area contributed by atoms with Gasteiger partial charge in [0.1, 0.15) is 11.6 Å². The summed E-state index contributed by atoms with van der Waals surface area (Å²) in [6, 6.07) is 17.1. The third-order valence-corrected chi connectivity index (χ3v) is 6.27. The highest BCUT2D eigenvalue weighted by Crippen LogP contribution is 2.29. The second-order valence-electron chi connectivity index (χ2n) is 7.23. The maximum atomic E-state index is 12.5. The summed E-state index contributed by atoms with van der Waals surface area (Å²) in [6.45, 7) is 2.51. The molecule has 0 bridgehead atoms. The summed E-state index contributed by atoms with van der Waals surface area (Å²) < 4.78 is 7.53. The largest absolute Gasteiger partial charge is 0.469 e. The van der Waals surface area contributed by atoms with Crippen LogP contribution in [0.2, 0.25) is 5.02 Å². The molecule has 0 aliphatic carbocycles. The number of hydrogen-bond donors (Lipinski definition) is 1. The van der Waals surface area contributed by atoms with E-state index in [2.05, 4.69) is 36.9 Å². The van der Waals surface area contributed by atoms with Crippen molar-refractivity contribution in [1.29, 1.82) is 0 Å². The Bertz CT molecular complexity index is 1460. The topological polar surface area (TPSA) is 89.6 Å². The Balaban J connectivity index is 1.48. The van der Waals surface area contributed by atoms with E-state index in [4.69, 9.17) is 16.0 Å². The SMILES string of the molecule is Cc1occc1-c1nnc(SCc2nc3ccc(Cl)cc3c(=O)[nH]2)n1Cc1ccccc1. The summed E-state index contributed by atoms with van der Waals surface area (Å²) in [5.41, 5.74) is 2.42. The van der Waals surface area contributed by atoms with Crippen LogP contribution in [0.25, 0.3) is 22.3 Å². The van der Waals surface area contributed by atoms with Gasteiger partial charge in [-0.2, -0.15) is 0 Å². The predicted octanol–water partition coefficient (Wildman–Crippen LogP) is 5.08. The minimum Gasteiger partial charge on any atom is -0.469 e. The van der Waals surface area contributed by atoms with E-state index in [0.717, 1.165) is 27.9 Å². The molecule has 0 radical (unpaired) electrons. The van der Waals surface area contributed by atoms with Crippen LogP contribution in [-0.4, -0.2) is 24.7 Å².